The fraction of sp³-hybridized carbons (Fsp3) is 0.385. The van der Waals surface area contributed by atoms with Gasteiger partial charge in [0, 0.05) is 39.1 Å². The summed E-state index contributed by atoms with van der Waals surface area (Å²) in [6, 6.07) is -0.511. The summed E-state index contributed by atoms with van der Waals surface area (Å²) in [4.78, 5) is 30.3. The quantitative estimate of drug-likeness (QED) is 0.731. The third-order valence-corrected chi connectivity index (χ3v) is 3.61. The third kappa shape index (κ3) is 2.33. The predicted octanol–water partition coefficient (Wildman–Crippen LogP) is -1.11. The van der Waals surface area contributed by atoms with Crippen molar-refractivity contribution in [1.82, 2.24) is 30.1 Å². The first-order chi connectivity index (χ1) is 10.2. The van der Waals surface area contributed by atoms with Gasteiger partial charge >= 0.3 is 0 Å². The number of nitrogens with one attached hydrogen (secondary N) is 2. The molecular formula is C13H16N6O2. The average molecular weight is 288 g/mol. The molecule has 0 aliphatic carbocycles. The molecular weight excluding hydrogens is 272 g/mol. The Labute approximate surface area is 121 Å². The molecule has 0 saturated carbocycles. The van der Waals surface area contributed by atoms with Crippen molar-refractivity contribution < 1.29 is 9.59 Å². The lowest BCUT2D eigenvalue weighted by Gasteiger charge is -2.34. The number of carbonyl (C=O) groups excluding carboxylic acids is 2. The van der Waals surface area contributed by atoms with Gasteiger partial charge in [-0.05, 0) is 0 Å². The van der Waals surface area contributed by atoms with Crippen molar-refractivity contribution in [3.05, 3.63) is 30.4 Å². The molecule has 2 amide bonds. The number of likely N-dealkylation sites (N-methyl/N-ethyl adjacent to an activating group) is 1. The zero-order valence-corrected chi connectivity index (χ0v) is 11.6. The van der Waals surface area contributed by atoms with Crippen molar-refractivity contribution >= 4 is 17.3 Å². The van der Waals surface area contributed by atoms with Gasteiger partial charge in [0.1, 0.15) is 6.04 Å². The number of hydrogen-bond donors (Lipinski definition) is 2. The summed E-state index contributed by atoms with van der Waals surface area (Å²) in [6.07, 6.45) is 6.39. The Morgan fingerprint density at radius 3 is 3.10 bits per heavy atom. The van der Waals surface area contributed by atoms with E-state index in [1.165, 1.54) is 6.20 Å². The van der Waals surface area contributed by atoms with Gasteiger partial charge in [0.05, 0.1) is 23.5 Å². The fourth-order valence-corrected chi connectivity index (χ4v) is 2.50. The average Bonchev–Trinajstić information content (AvgIpc) is 2.97. The highest BCUT2D eigenvalue weighted by atomic mass is 16.2. The molecule has 0 aromatic carbocycles. The van der Waals surface area contributed by atoms with Crippen LogP contribution in [0.1, 0.15) is 10.4 Å². The van der Waals surface area contributed by atoms with E-state index < -0.39 is 6.04 Å². The Morgan fingerprint density at radius 2 is 2.29 bits per heavy atom. The zero-order chi connectivity index (χ0) is 14.8. The van der Waals surface area contributed by atoms with Crippen molar-refractivity contribution in [3.8, 4) is 0 Å². The Bertz CT molecular complexity index is 682. The molecule has 1 aliphatic rings. The molecule has 1 atom stereocenters. The van der Waals surface area contributed by atoms with Crippen LogP contribution in [-0.2, 0) is 4.79 Å². The van der Waals surface area contributed by atoms with Crippen LogP contribution in [0.4, 0.5) is 0 Å². The van der Waals surface area contributed by atoms with Crippen molar-refractivity contribution in [1.29, 1.82) is 0 Å². The maximum absolute atomic E-state index is 12.7. The van der Waals surface area contributed by atoms with Gasteiger partial charge in [0.15, 0.2) is 0 Å². The number of fused-ring (bicyclic) bond motifs is 1. The van der Waals surface area contributed by atoms with E-state index in [-0.39, 0.29) is 11.8 Å². The summed E-state index contributed by atoms with van der Waals surface area (Å²) in [5, 5.41) is 9.86. The van der Waals surface area contributed by atoms with Crippen LogP contribution in [0.25, 0.3) is 5.52 Å². The van der Waals surface area contributed by atoms with Gasteiger partial charge in [-0.15, -0.1) is 0 Å². The van der Waals surface area contributed by atoms with Gasteiger partial charge in [0.25, 0.3) is 5.91 Å². The molecule has 8 nitrogen and oxygen atoms in total. The summed E-state index contributed by atoms with van der Waals surface area (Å²) >= 11 is 0. The number of hydrogen-bond acceptors (Lipinski definition) is 5. The van der Waals surface area contributed by atoms with Crippen LogP contribution in [0.15, 0.2) is 24.8 Å². The van der Waals surface area contributed by atoms with E-state index in [1.807, 2.05) is 0 Å². The van der Waals surface area contributed by atoms with Crippen LogP contribution in [0.3, 0.4) is 0 Å². The van der Waals surface area contributed by atoms with E-state index in [2.05, 4.69) is 20.7 Å². The van der Waals surface area contributed by atoms with E-state index in [9.17, 15) is 9.59 Å². The van der Waals surface area contributed by atoms with Gasteiger partial charge in [0.2, 0.25) is 5.91 Å². The molecule has 2 aromatic heterocycles. The largest absolute Gasteiger partial charge is 0.357 e. The Balaban J connectivity index is 1.94. The second-order valence-electron chi connectivity index (χ2n) is 4.80. The highest BCUT2D eigenvalue weighted by Gasteiger charge is 2.33. The van der Waals surface area contributed by atoms with Crippen LogP contribution >= 0.6 is 0 Å². The number of aromatic nitrogens is 3. The van der Waals surface area contributed by atoms with Gasteiger partial charge in [-0.25, -0.2) is 4.52 Å². The van der Waals surface area contributed by atoms with Crippen molar-refractivity contribution in [2.24, 2.45) is 0 Å². The topological polar surface area (TPSA) is 91.6 Å². The molecule has 2 N–H and O–H groups in total. The van der Waals surface area contributed by atoms with Gasteiger partial charge < -0.3 is 15.5 Å². The predicted molar refractivity (Wildman–Crippen MR) is 74.7 cm³/mol. The van der Waals surface area contributed by atoms with E-state index in [0.717, 1.165) is 0 Å². The van der Waals surface area contributed by atoms with Crippen LogP contribution in [0, 0.1) is 0 Å². The van der Waals surface area contributed by atoms with Crippen LogP contribution in [0.2, 0.25) is 0 Å². The summed E-state index contributed by atoms with van der Waals surface area (Å²) in [7, 11) is 1.57. The molecule has 1 fully saturated rings. The first-order valence-corrected chi connectivity index (χ1v) is 6.73. The molecule has 0 radical (unpaired) electrons. The Morgan fingerprint density at radius 1 is 1.43 bits per heavy atom. The first-order valence-electron chi connectivity index (χ1n) is 6.73. The second kappa shape index (κ2) is 5.49. The number of piperazine rings is 1. The van der Waals surface area contributed by atoms with E-state index >= 15 is 0 Å². The molecule has 1 saturated heterocycles. The molecule has 1 unspecified atom stereocenters. The third-order valence-electron chi connectivity index (χ3n) is 3.61. The SMILES string of the molecule is CNC(=O)C1CNCCN1C(=O)c1cnn2ccncc12. The van der Waals surface area contributed by atoms with Crippen molar-refractivity contribution in [2.75, 3.05) is 26.7 Å². The standard InChI is InChI=1S/C13H16N6O2/c1-14-12(20)11-8-15-2-4-18(11)13(21)9-6-17-19-5-3-16-7-10(9)19/h3,5-7,11,15H,2,4,8H2,1H3,(H,14,20). The summed E-state index contributed by atoms with van der Waals surface area (Å²) < 4.78 is 1.59. The molecule has 3 heterocycles. The van der Waals surface area contributed by atoms with Gasteiger partial charge in [-0.2, -0.15) is 5.10 Å². The minimum Gasteiger partial charge on any atom is -0.357 e. The fourth-order valence-electron chi connectivity index (χ4n) is 2.50. The van der Waals surface area contributed by atoms with Crippen molar-refractivity contribution in [3.63, 3.8) is 0 Å². The molecule has 3 rings (SSSR count). The summed E-state index contributed by atoms with van der Waals surface area (Å²) in [6.45, 7) is 1.59. The Hall–Kier alpha value is -2.48. The molecule has 1 aliphatic heterocycles. The molecule has 21 heavy (non-hydrogen) atoms. The lowest BCUT2D eigenvalue weighted by Crippen LogP contribution is -2.59. The molecule has 0 bridgehead atoms. The molecule has 110 valence electrons. The number of rotatable bonds is 2. The lowest BCUT2D eigenvalue weighted by atomic mass is 10.1. The van der Waals surface area contributed by atoms with E-state index in [0.29, 0.717) is 30.7 Å². The maximum Gasteiger partial charge on any atom is 0.258 e. The molecule has 2 aromatic rings. The minimum absolute atomic E-state index is 0.176. The molecule has 8 heteroatoms. The minimum atomic E-state index is -0.511. The van der Waals surface area contributed by atoms with E-state index in [1.54, 1.807) is 35.1 Å². The highest BCUT2D eigenvalue weighted by Crippen LogP contribution is 2.15. The smallest absolute Gasteiger partial charge is 0.258 e. The first kappa shape index (κ1) is 13.5. The van der Waals surface area contributed by atoms with Crippen molar-refractivity contribution in [2.45, 2.75) is 6.04 Å². The number of amides is 2. The number of carbonyl (C=O) groups is 2. The van der Waals surface area contributed by atoms with Gasteiger partial charge in [-0.3, -0.25) is 14.6 Å². The zero-order valence-electron chi connectivity index (χ0n) is 11.6. The monoisotopic (exact) mass is 288 g/mol. The summed E-state index contributed by atoms with van der Waals surface area (Å²) in [5.74, 6) is -0.377. The lowest BCUT2D eigenvalue weighted by molar-refractivity contribution is -0.125. The van der Waals surface area contributed by atoms with E-state index in [4.69, 9.17) is 0 Å². The van der Waals surface area contributed by atoms with Crippen LogP contribution in [-0.4, -0.2) is 64.0 Å². The second-order valence-corrected chi connectivity index (χ2v) is 4.80. The van der Waals surface area contributed by atoms with Crippen LogP contribution < -0.4 is 10.6 Å². The Kier molecular flexibility index (Phi) is 3.53. The highest BCUT2D eigenvalue weighted by molar-refractivity contribution is 6.02. The molecule has 0 spiro atoms. The van der Waals surface area contributed by atoms with Gasteiger partial charge in [-0.1, -0.05) is 0 Å². The van der Waals surface area contributed by atoms with Crippen LogP contribution in [0.5, 0.6) is 0 Å². The normalized spacial score (nSPS) is 18.7. The summed E-state index contributed by atoms with van der Waals surface area (Å²) in [5.41, 5.74) is 1.09. The number of nitrogens with zero attached hydrogens (tertiary/aromatic N) is 4. The maximum atomic E-state index is 12.7.